The fourth-order valence-corrected chi connectivity index (χ4v) is 0.203. The molecule has 0 N–H and O–H groups in total. The SMILES string of the molecule is CC(=O)[O-].CCOC(C)=O. The molecule has 0 aromatic rings. The van der Waals surface area contributed by atoms with Crippen LogP contribution in [0.3, 0.4) is 0 Å². The number of carbonyl (C=O) groups is 2. The molecule has 0 radical (unpaired) electrons. The van der Waals surface area contributed by atoms with Crippen molar-refractivity contribution in [1.82, 2.24) is 0 Å². The molecular formula is C6H11O4-. The predicted molar refractivity (Wildman–Crippen MR) is 33.0 cm³/mol. The number of ether oxygens (including phenoxy) is 1. The maximum atomic E-state index is 9.82. The van der Waals surface area contributed by atoms with Gasteiger partial charge in [-0.3, -0.25) is 4.79 Å². The van der Waals surface area contributed by atoms with Crippen LogP contribution in [0.15, 0.2) is 0 Å². The Balaban J connectivity index is 0. The molecule has 0 saturated heterocycles. The quantitative estimate of drug-likeness (QED) is 0.461. The van der Waals surface area contributed by atoms with Crippen LogP contribution in [0.1, 0.15) is 20.8 Å². The van der Waals surface area contributed by atoms with Gasteiger partial charge in [-0.05, 0) is 13.8 Å². The van der Waals surface area contributed by atoms with Crippen molar-refractivity contribution in [3.63, 3.8) is 0 Å². The van der Waals surface area contributed by atoms with Gasteiger partial charge in [-0.25, -0.2) is 0 Å². The fourth-order valence-electron chi connectivity index (χ4n) is 0.203. The Bertz CT molecular complexity index is 104. The van der Waals surface area contributed by atoms with E-state index in [0.29, 0.717) is 6.61 Å². The third kappa shape index (κ3) is 65.1. The van der Waals surface area contributed by atoms with Crippen LogP contribution < -0.4 is 5.11 Å². The summed E-state index contributed by atoms with van der Waals surface area (Å²) in [5.41, 5.74) is 0. The summed E-state index contributed by atoms with van der Waals surface area (Å²) in [5.74, 6) is -1.29. The number of esters is 1. The van der Waals surface area contributed by atoms with Crippen molar-refractivity contribution in [1.29, 1.82) is 0 Å². The Labute approximate surface area is 59.8 Å². The van der Waals surface area contributed by atoms with Gasteiger partial charge in [-0.15, -0.1) is 0 Å². The van der Waals surface area contributed by atoms with Crippen LogP contribution in [0.2, 0.25) is 0 Å². The second-order valence-electron chi connectivity index (χ2n) is 1.42. The molecule has 0 atom stereocenters. The first-order valence-electron chi connectivity index (χ1n) is 2.81. The minimum absolute atomic E-state index is 0.211. The summed E-state index contributed by atoms with van der Waals surface area (Å²) in [6.45, 7) is 4.63. The number of rotatable bonds is 1. The molecule has 4 heteroatoms. The normalized spacial score (nSPS) is 7.10. The van der Waals surface area contributed by atoms with Gasteiger partial charge in [0.15, 0.2) is 0 Å². The van der Waals surface area contributed by atoms with Gasteiger partial charge >= 0.3 is 5.97 Å². The van der Waals surface area contributed by atoms with E-state index in [-0.39, 0.29) is 5.97 Å². The van der Waals surface area contributed by atoms with Crippen LogP contribution in [0.25, 0.3) is 0 Å². The van der Waals surface area contributed by atoms with E-state index in [1.165, 1.54) is 6.92 Å². The average molecular weight is 147 g/mol. The molecule has 0 saturated carbocycles. The standard InChI is InChI=1S/C4H8O2.C2H4O2/c1-3-6-4(2)5;1-2(3)4/h3H2,1-2H3;1H3,(H,3,4)/p-1. The molecule has 0 rings (SSSR count). The van der Waals surface area contributed by atoms with Crippen molar-refractivity contribution >= 4 is 11.9 Å². The number of aliphatic carboxylic acids is 1. The zero-order valence-corrected chi connectivity index (χ0v) is 6.34. The molecule has 0 spiro atoms. The van der Waals surface area contributed by atoms with Crippen molar-refractivity contribution in [2.24, 2.45) is 0 Å². The van der Waals surface area contributed by atoms with E-state index in [4.69, 9.17) is 9.90 Å². The molecular weight excluding hydrogens is 136 g/mol. The molecule has 0 aliphatic heterocycles. The Kier molecular flexibility index (Phi) is 9.29. The van der Waals surface area contributed by atoms with Gasteiger partial charge in [0, 0.05) is 12.9 Å². The van der Waals surface area contributed by atoms with E-state index in [9.17, 15) is 4.79 Å². The number of hydrogen-bond donors (Lipinski definition) is 0. The monoisotopic (exact) mass is 147 g/mol. The van der Waals surface area contributed by atoms with Crippen molar-refractivity contribution < 1.29 is 19.4 Å². The second kappa shape index (κ2) is 7.94. The lowest BCUT2D eigenvalue weighted by molar-refractivity contribution is -0.302. The summed E-state index contributed by atoms with van der Waals surface area (Å²) in [5, 5.41) is 8.89. The summed E-state index contributed by atoms with van der Waals surface area (Å²) >= 11 is 0. The highest BCUT2D eigenvalue weighted by atomic mass is 16.5. The number of hydrogen-bond acceptors (Lipinski definition) is 4. The first-order valence-corrected chi connectivity index (χ1v) is 2.81. The van der Waals surface area contributed by atoms with E-state index in [1.807, 2.05) is 0 Å². The van der Waals surface area contributed by atoms with Gasteiger partial charge in [0.2, 0.25) is 0 Å². The van der Waals surface area contributed by atoms with Gasteiger partial charge in [0.1, 0.15) is 0 Å². The summed E-state index contributed by atoms with van der Waals surface area (Å²) in [6.07, 6.45) is 0. The first-order chi connectivity index (χ1) is 4.50. The number of carboxylic acid groups (broad SMARTS) is 1. The molecule has 4 nitrogen and oxygen atoms in total. The molecule has 0 amide bonds. The first kappa shape index (κ1) is 11.7. The van der Waals surface area contributed by atoms with E-state index in [0.717, 1.165) is 6.92 Å². The molecule has 0 aliphatic carbocycles. The van der Waals surface area contributed by atoms with Gasteiger partial charge in [-0.1, -0.05) is 0 Å². The van der Waals surface area contributed by atoms with E-state index < -0.39 is 5.97 Å². The van der Waals surface area contributed by atoms with Gasteiger partial charge in [0.05, 0.1) is 6.61 Å². The van der Waals surface area contributed by atoms with Crippen LogP contribution in [0.4, 0.5) is 0 Å². The molecule has 0 fully saturated rings. The topological polar surface area (TPSA) is 66.4 Å². The highest BCUT2D eigenvalue weighted by Crippen LogP contribution is 1.69. The molecule has 0 heterocycles. The van der Waals surface area contributed by atoms with E-state index >= 15 is 0 Å². The van der Waals surface area contributed by atoms with Gasteiger partial charge in [-0.2, -0.15) is 0 Å². The van der Waals surface area contributed by atoms with Crippen LogP contribution in [-0.2, 0) is 14.3 Å². The molecule has 0 aliphatic rings. The maximum absolute atomic E-state index is 9.82. The number of carbonyl (C=O) groups excluding carboxylic acids is 2. The maximum Gasteiger partial charge on any atom is 0.302 e. The van der Waals surface area contributed by atoms with E-state index in [1.54, 1.807) is 6.92 Å². The molecule has 0 bridgehead atoms. The van der Waals surface area contributed by atoms with Crippen molar-refractivity contribution in [2.45, 2.75) is 20.8 Å². The number of carboxylic acids is 1. The summed E-state index contributed by atoms with van der Waals surface area (Å²) in [4.78, 5) is 18.7. The van der Waals surface area contributed by atoms with Crippen molar-refractivity contribution in [3.8, 4) is 0 Å². The molecule has 0 aromatic carbocycles. The largest absolute Gasteiger partial charge is 0.550 e. The third-order valence-corrected chi connectivity index (χ3v) is 0.348. The average Bonchev–Trinajstić information content (AvgIpc) is 1.62. The lowest BCUT2D eigenvalue weighted by atomic mass is 10.8. The Hall–Kier alpha value is -1.06. The van der Waals surface area contributed by atoms with Crippen molar-refractivity contribution in [3.05, 3.63) is 0 Å². The van der Waals surface area contributed by atoms with Crippen LogP contribution in [0, 0.1) is 0 Å². The molecule has 60 valence electrons. The highest BCUT2D eigenvalue weighted by Gasteiger charge is 1.81. The summed E-state index contributed by atoms with van der Waals surface area (Å²) in [6, 6.07) is 0. The van der Waals surface area contributed by atoms with Crippen molar-refractivity contribution in [2.75, 3.05) is 6.61 Å². The minimum atomic E-state index is -1.08. The Morgan fingerprint density at radius 3 is 1.70 bits per heavy atom. The molecule has 10 heavy (non-hydrogen) atoms. The van der Waals surface area contributed by atoms with Gasteiger partial charge < -0.3 is 14.6 Å². The van der Waals surface area contributed by atoms with Gasteiger partial charge in [0.25, 0.3) is 0 Å². The lowest BCUT2D eigenvalue weighted by Crippen LogP contribution is -2.16. The smallest absolute Gasteiger partial charge is 0.302 e. The van der Waals surface area contributed by atoms with Crippen LogP contribution >= 0.6 is 0 Å². The van der Waals surface area contributed by atoms with E-state index in [2.05, 4.69) is 4.74 Å². The summed E-state index contributed by atoms with van der Waals surface area (Å²) in [7, 11) is 0. The van der Waals surface area contributed by atoms with Crippen LogP contribution in [0.5, 0.6) is 0 Å². The molecule has 0 aromatic heterocycles. The zero-order valence-electron chi connectivity index (χ0n) is 6.34. The zero-order chi connectivity index (χ0) is 8.57. The lowest BCUT2D eigenvalue weighted by Gasteiger charge is -1.89. The summed E-state index contributed by atoms with van der Waals surface area (Å²) < 4.78 is 4.40. The highest BCUT2D eigenvalue weighted by molar-refractivity contribution is 5.65. The van der Waals surface area contributed by atoms with Crippen LogP contribution in [-0.4, -0.2) is 18.5 Å². The Morgan fingerprint density at radius 1 is 1.40 bits per heavy atom. The third-order valence-electron chi connectivity index (χ3n) is 0.348. The fraction of sp³-hybridized carbons (Fsp3) is 0.667. The second-order valence-corrected chi connectivity index (χ2v) is 1.42. The minimum Gasteiger partial charge on any atom is -0.550 e. The predicted octanol–water partition coefficient (Wildman–Crippen LogP) is -0.674. The molecule has 0 unspecified atom stereocenters. The Morgan fingerprint density at radius 2 is 1.70 bits per heavy atom.